The Hall–Kier alpha value is -1.55. The summed E-state index contributed by atoms with van der Waals surface area (Å²) in [6.45, 7) is 1.97. The third-order valence-electron chi connectivity index (χ3n) is 2.34. The number of benzene rings is 1. The van der Waals surface area contributed by atoms with Crippen LogP contribution in [0.4, 0.5) is 0 Å². The molecule has 1 aromatic rings. The maximum atomic E-state index is 10.9. The molecule has 1 atom stereocenters. The molecule has 0 aliphatic rings. The van der Waals surface area contributed by atoms with E-state index in [1.165, 1.54) is 6.07 Å². The normalized spacial score (nSPS) is 12.4. The molecule has 4 N–H and O–H groups in total. The van der Waals surface area contributed by atoms with Gasteiger partial charge in [-0.3, -0.25) is 4.79 Å². The number of hydrogen-bond donors (Lipinski definition) is 3. The monoisotopic (exact) mass is 209 g/mol. The summed E-state index contributed by atoms with van der Waals surface area (Å²) in [7, 11) is 0. The third kappa shape index (κ3) is 2.70. The van der Waals surface area contributed by atoms with Gasteiger partial charge in [0.05, 0.1) is 5.92 Å². The van der Waals surface area contributed by atoms with Gasteiger partial charge in [-0.1, -0.05) is 13.0 Å². The molecule has 0 saturated carbocycles. The predicted molar refractivity (Wildman–Crippen MR) is 56.9 cm³/mol. The van der Waals surface area contributed by atoms with Gasteiger partial charge >= 0.3 is 5.97 Å². The van der Waals surface area contributed by atoms with Crippen LogP contribution in [0.25, 0.3) is 0 Å². The van der Waals surface area contributed by atoms with Crippen molar-refractivity contribution in [2.75, 3.05) is 6.54 Å². The Morgan fingerprint density at radius 3 is 2.60 bits per heavy atom. The Morgan fingerprint density at radius 1 is 1.47 bits per heavy atom. The smallest absolute Gasteiger partial charge is 0.312 e. The average molecular weight is 209 g/mol. The summed E-state index contributed by atoms with van der Waals surface area (Å²) in [4.78, 5) is 10.9. The number of carboxylic acid groups (broad SMARTS) is 1. The molecule has 1 unspecified atom stereocenters. The molecule has 4 heteroatoms. The fraction of sp³-hybridized carbons (Fsp3) is 0.364. The number of phenols is 1. The molecule has 4 nitrogen and oxygen atoms in total. The number of aromatic hydroxyl groups is 1. The van der Waals surface area contributed by atoms with Gasteiger partial charge in [-0.2, -0.15) is 0 Å². The van der Waals surface area contributed by atoms with Crippen molar-refractivity contribution in [2.24, 2.45) is 5.73 Å². The molecule has 1 aromatic carbocycles. The van der Waals surface area contributed by atoms with Crippen LogP contribution in [0.1, 0.15) is 24.0 Å². The molecule has 0 amide bonds. The van der Waals surface area contributed by atoms with Gasteiger partial charge in [0.15, 0.2) is 0 Å². The molecular weight excluding hydrogens is 194 g/mol. The lowest BCUT2D eigenvalue weighted by molar-refractivity contribution is -0.138. The van der Waals surface area contributed by atoms with Crippen molar-refractivity contribution >= 4 is 5.97 Å². The minimum Gasteiger partial charge on any atom is -0.508 e. The van der Waals surface area contributed by atoms with Gasteiger partial charge in [0.2, 0.25) is 0 Å². The van der Waals surface area contributed by atoms with E-state index in [1.54, 1.807) is 12.1 Å². The Labute approximate surface area is 88.3 Å². The van der Waals surface area contributed by atoms with Crippen LogP contribution in [-0.2, 0) is 11.2 Å². The van der Waals surface area contributed by atoms with E-state index in [0.29, 0.717) is 5.56 Å². The first-order valence-electron chi connectivity index (χ1n) is 4.84. The molecular formula is C11H15NO3. The van der Waals surface area contributed by atoms with E-state index in [2.05, 4.69) is 0 Å². The van der Waals surface area contributed by atoms with Crippen molar-refractivity contribution in [3.63, 3.8) is 0 Å². The first-order valence-corrected chi connectivity index (χ1v) is 4.84. The Bertz CT molecular complexity index is 363. The zero-order valence-electron chi connectivity index (χ0n) is 8.60. The standard InChI is InChI=1S/C11H15NO3/c1-2-7-3-8(5-9(13)4-7)10(6-12)11(14)15/h3-5,10,13H,2,6,12H2,1H3,(H,14,15). The van der Waals surface area contributed by atoms with E-state index in [-0.39, 0.29) is 12.3 Å². The van der Waals surface area contributed by atoms with Crippen LogP contribution in [0, 0.1) is 0 Å². The molecule has 0 aliphatic heterocycles. The molecule has 0 saturated heterocycles. The summed E-state index contributed by atoms with van der Waals surface area (Å²) < 4.78 is 0. The van der Waals surface area contributed by atoms with Gasteiger partial charge in [0.25, 0.3) is 0 Å². The molecule has 15 heavy (non-hydrogen) atoms. The number of aryl methyl sites for hydroxylation is 1. The van der Waals surface area contributed by atoms with Gasteiger partial charge in [0.1, 0.15) is 5.75 Å². The lowest BCUT2D eigenvalue weighted by Gasteiger charge is -2.11. The van der Waals surface area contributed by atoms with Crippen LogP contribution in [0.15, 0.2) is 18.2 Å². The Morgan fingerprint density at radius 2 is 2.13 bits per heavy atom. The molecule has 0 fully saturated rings. The van der Waals surface area contributed by atoms with Crippen molar-refractivity contribution in [1.29, 1.82) is 0 Å². The van der Waals surface area contributed by atoms with Crippen LogP contribution in [0.5, 0.6) is 5.75 Å². The first kappa shape index (κ1) is 11.5. The van der Waals surface area contributed by atoms with Crippen molar-refractivity contribution < 1.29 is 15.0 Å². The minimum atomic E-state index is -0.967. The number of carbonyl (C=O) groups is 1. The van der Waals surface area contributed by atoms with E-state index in [4.69, 9.17) is 10.8 Å². The summed E-state index contributed by atoms with van der Waals surface area (Å²) >= 11 is 0. The fourth-order valence-corrected chi connectivity index (χ4v) is 1.48. The van der Waals surface area contributed by atoms with Gasteiger partial charge < -0.3 is 15.9 Å². The molecule has 0 aromatic heterocycles. The highest BCUT2D eigenvalue weighted by molar-refractivity contribution is 5.76. The number of hydrogen-bond acceptors (Lipinski definition) is 3. The minimum absolute atomic E-state index is 0.0297. The van der Waals surface area contributed by atoms with E-state index in [1.807, 2.05) is 6.92 Å². The summed E-state index contributed by atoms with van der Waals surface area (Å²) in [6.07, 6.45) is 0.748. The van der Waals surface area contributed by atoms with Crippen molar-refractivity contribution in [2.45, 2.75) is 19.3 Å². The van der Waals surface area contributed by atoms with E-state index in [0.717, 1.165) is 12.0 Å². The summed E-state index contributed by atoms with van der Waals surface area (Å²) in [5.74, 6) is -1.63. The van der Waals surface area contributed by atoms with Gasteiger partial charge in [-0.15, -0.1) is 0 Å². The van der Waals surface area contributed by atoms with Crippen molar-refractivity contribution in [3.8, 4) is 5.75 Å². The van der Waals surface area contributed by atoms with E-state index >= 15 is 0 Å². The SMILES string of the molecule is CCc1cc(O)cc(C(CN)C(=O)O)c1. The highest BCUT2D eigenvalue weighted by atomic mass is 16.4. The second-order valence-electron chi connectivity index (χ2n) is 3.41. The van der Waals surface area contributed by atoms with Gasteiger partial charge in [0, 0.05) is 6.54 Å². The van der Waals surface area contributed by atoms with Crippen LogP contribution in [0.2, 0.25) is 0 Å². The van der Waals surface area contributed by atoms with E-state index < -0.39 is 11.9 Å². The molecule has 82 valence electrons. The molecule has 0 bridgehead atoms. The molecule has 0 aliphatic carbocycles. The van der Waals surface area contributed by atoms with Crippen LogP contribution in [0.3, 0.4) is 0 Å². The van der Waals surface area contributed by atoms with Gasteiger partial charge in [-0.25, -0.2) is 0 Å². The lowest BCUT2D eigenvalue weighted by Crippen LogP contribution is -2.21. The molecule has 1 rings (SSSR count). The second-order valence-corrected chi connectivity index (χ2v) is 3.41. The second kappa shape index (κ2) is 4.79. The molecule has 0 spiro atoms. The fourth-order valence-electron chi connectivity index (χ4n) is 1.48. The Kier molecular flexibility index (Phi) is 3.68. The zero-order chi connectivity index (χ0) is 11.4. The van der Waals surface area contributed by atoms with Gasteiger partial charge in [-0.05, 0) is 29.7 Å². The van der Waals surface area contributed by atoms with Crippen LogP contribution >= 0.6 is 0 Å². The maximum absolute atomic E-state index is 10.9. The average Bonchev–Trinajstić information content (AvgIpc) is 2.17. The molecule has 0 heterocycles. The predicted octanol–water partition coefficient (Wildman–Crippen LogP) is 1.08. The number of phenolic OH excluding ortho intramolecular Hbond substituents is 1. The largest absolute Gasteiger partial charge is 0.508 e. The lowest BCUT2D eigenvalue weighted by atomic mass is 9.96. The highest BCUT2D eigenvalue weighted by Crippen LogP contribution is 2.22. The summed E-state index contributed by atoms with van der Waals surface area (Å²) in [6, 6.07) is 4.84. The number of carboxylic acids is 1. The van der Waals surface area contributed by atoms with Crippen molar-refractivity contribution in [1.82, 2.24) is 0 Å². The van der Waals surface area contributed by atoms with Crippen LogP contribution < -0.4 is 5.73 Å². The number of rotatable bonds is 4. The Balaban J connectivity index is 3.11. The van der Waals surface area contributed by atoms with Crippen LogP contribution in [-0.4, -0.2) is 22.7 Å². The zero-order valence-corrected chi connectivity index (χ0v) is 8.60. The maximum Gasteiger partial charge on any atom is 0.312 e. The van der Waals surface area contributed by atoms with E-state index in [9.17, 15) is 9.90 Å². The third-order valence-corrected chi connectivity index (χ3v) is 2.34. The number of nitrogens with two attached hydrogens (primary N) is 1. The first-order chi connectivity index (χ1) is 7.08. The molecule has 0 radical (unpaired) electrons. The quantitative estimate of drug-likeness (QED) is 0.692. The van der Waals surface area contributed by atoms with Crippen molar-refractivity contribution in [3.05, 3.63) is 29.3 Å². The summed E-state index contributed by atoms with van der Waals surface area (Å²) in [5, 5.41) is 18.3. The topological polar surface area (TPSA) is 83.5 Å². The summed E-state index contributed by atoms with van der Waals surface area (Å²) in [5.41, 5.74) is 6.85. The number of aliphatic carboxylic acids is 1. The highest BCUT2D eigenvalue weighted by Gasteiger charge is 2.18.